The Hall–Kier alpha value is -2.36. The predicted molar refractivity (Wildman–Crippen MR) is 108 cm³/mol. The number of pyridine rings is 1. The van der Waals surface area contributed by atoms with Crippen molar-refractivity contribution in [1.82, 2.24) is 14.3 Å². The third-order valence-electron chi connectivity index (χ3n) is 6.07. The van der Waals surface area contributed by atoms with Gasteiger partial charge in [0.2, 0.25) is 11.8 Å². The van der Waals surface area contributed by atoms with E-state index in [0.29, 0.717) is 31.6 Å². The quantitative estimate of drug-likeness (QED) is 0.738. The van der Waals surface area contributed by atoms with Crippen molar-refractivity contribution in [2.45, 2.75) is 43.8 Å². The summed E-state index contributed by atoms with van der Waals surface area (Å²) in [5.74, 6) is -3.61. The fourth-order valence-corrected chi connectivity index (χ4v) is 6.18. The molecular weight excluding hydrogens is 414 g/mol. The van der Waals surface area contributed by atoms with Crippen molar-refractivity contribution in [1.29, 1.82) is 0 Å². The largest absolute Gasteiger partial charge is 0.342 e. The van der Waals surface area contributed by atoms with Gasteiger partial charge in [-0.3, -0.25) is 14.0 Å². The van der Waals surface area contributed by atoms with E-state index in [0.717, 1.165) is 0 Å². The molecule has 7 nitrogen and oxygen atoms in total. The number of piperidine rings is 1. The van der Waals surface area contributed by atoms with Crippen LogP contribution < -0.4 is 0 Å². The van der Waals surface area contributed by atoms with Crippen LogP contribution in [0.4, 0.5) is 8.78 Å². The fourth-order valence-electron chi connectivity index (χ4n) is 4.53. The lowest BCUT2D eigenvalue weighted by Gasteiger charge is -2.47. The zero-order valence-corrected chi connectivity index (χ0v) is 17.7. The zero-order chi connectivity index (χ0) is 21.7. The molecule has 1 aliphatic heterocycles. The molecule has 0 spiro atoms. The van der Waals surface area contributed by atoms with E-state index in [1.165, 1.54) is 6.26 Å². The molecular formula is C20H24F2N4O3S. The maximum absolute atomic E-state index is 13.3. The second-order valence-corrected chi connectivity index (χ2v) is 11.2. The van der Waals surface area contributed by atoms with Crippen LogP contribution in [0.3, 0.4) is 0 Å². The van der Waals surface area contributed by atoms with E-state index in [1.54, 1.807) is 46.8 Å². The molecule has 162 valence electrons. The van der Waals surface area contributed by atoms with E-state index >= 15 is 0 Å². The van der Waals surface area contributed by atoms with Crippen molar-refractivity contribution < 1.29 is 22.6 Å². The predicted octanol–water partition coefficient (Wildman–Crippen LogP) is 3.00. The van der Waals surface area contributed by atoms with Gasteiger partial charge in [-0.2, -0.15) is 4.36 Å². The summed E-state index contributed by atoms with van der Waals surface area (Å²) in [4.78, 5) is 31.0. The number of hydrogen-bond acceptors (Lipinski definition) is 4. The van der Waals surface area contributed by atoms with Crippen LogP contribution in [0.1, 0.15) is 43.1 Å². The van der Waals surface area contributed by atoms with E-state index in [1.807, 2.05) is 0 Å². The topological polar surface area (TPSA) is 84.1 Å². The third-order valence-corrected chi connectivity index (χ3v) is 8.31. The lowest BCUT2D eigenvalue weighted by Crippen LogP contribution is -2.56. The summed E-state index contributed by atoms with van der Waals surface area (Å²) < 4.78 is 45.4. The maximum atomic E-state index is 13.3. The van der Waals surface area contributed by atoms with Crippen LogP contribution >= 0.6 is 0 Å². The maximum Gasteiger partial charge on any atom is 0.302 e. The van der Waals surface area contributed by atoms with Crippen molar-refractivity contribution in [2.75, 3.05) is 19.3 Å². The van der Waals surface area contributed by atoms with Crippen LogP contribution in [0.2, 0.25) is 0 Å². The Kier molecular flexibility index (Phi) is 4.95. The molecule has 2 fully saturated rings. The number of hydrogen-bond donors (Lipinski definition) is 0. The van der Waals surface area contributed by atoms with Crippen molar-refractivity contribution in [3.63, 3.8) is 0 Å². The second kappa shape index (κ2) is 7.11. The molecule has 0 bridgehead atoms. The number of aromatic nitrogens is 2. The molecule has 1 aliphatic carbocycles. The van der Waals surface area contributed by atoms with Gasteiger partial charge in [-0.1, -0.05) is 13.0 Å². The highest BCUT2D eigenvalue weighted by Crippen LogP contribution is 2.52. The Balaban J connectivity index is 1.45. The van der Waals surface area contributed by atoms with Crippen LogP contribution in [0, 0.1) is 5.41 Å². The van der Waals surface area contributed by atoms with Crippen LogP contribution in [0.25, 0.3) is 5.65 Å². The van der Waals surface area contributed by atoms with Gasteiger partial charge in [0.1, 0.15) is 11.3 Å². The van der Waals surface area contributed by atoms with Crippen molar-refractivity contribution in [3.05, 3.63) is 36.3 Å². The van der Waals surface area contributed by atoms with Gasteiger partial charge in [-0.25, -0.2) is 18.0 Å². The first-order valence-electron chi connectivity index (χ1n) is 9.85. The summed E-state index contributed by atoms with van der Waals surface area (Å²) in [6, 6.07) is 5.05. The summed E-state index contributed by atoms with van der Waals surface area (Å²) in [5.41, 5.74) is -0.139. The number of nitrogens with zero attached hydrogens (tertiary/aromatic N) is 4. The van der Waals surface area contributed by atoms with E-state index in [2.05, 4.69) is 9.35 Å². The number of carbonyl (C=O) groups is 2. The van der Waals surface area contributed by atoms with E-state index in [9.17, 15) is 22.6 Å². The second-order valence-electron chi connectivity index (χ2n) is 8.59. The Morgan fingerprint density at radius 3 is 2.53 bits per heavy atom. The highest BCUT2D eigenvalue weighted by Gasteiger charge is 2.58. The van der Waals surface area contributed by atoms with Crippen LogP contribution in [-0.4, -0.2) is 60.8 Å². The molecule has 2 aromatic heterocycles. The summed E-state index contributed by atoms with van der Waals surface area (Å²) in [5, 5.41) is -0.344. The average Bonchev–Trinajstić information content (AvgIpc) is 3.14. The molecule has 2 amide bonds. The summed E-state index contributed by atoms with van der Waals surface area (Å²) in [6.07, 6.45) is 4.67. The molecule has 2 aromatic rings. The van der Waals surface area contributed by atoms with Crippen molar-refractivity contribution in [2.24, 2.45) is 9.78 Å². The Labute approximate surface area is 173 Å². The van der Waals surface area contributed by atoms with E-state index in [-0.39, 0.29) is 16.9 Å². The fraction of sp³-hybridized carbons (Fsp3) is 0.550. The van der Waals surface area contributed by atoms with Gasteiger partial charge in [0.05, 0.1) is 15.1 Å². The normalized spacial score (nSPS) is 22.9. The van der Waals surface area contributed by atoms with Gasteiger partial charge in [-0.15, -0.1) is 0 Å². The first-order chi connectivity index (χ1) is 14.0. The minimum absolute atomic E-state index is 0.269. The minimum atomic E-state index is -2.84. The van der Waals surface area contributed by atoms with Gasteiger partial charge in [-0.05, 0) is 25.0 Å². The minimum Gasteiger partial charge on any atom is -0.342 e. The van der Waals surface area contributed by atoms with E-state index in [4.69, 9.17) is 0 Å². The van der Waals surface area contributed by atoms with Crippen LogP contribution in [0.15, 0.2) is 35.0 Å². The third kappa shape index (κ3) is 3.73. The first kappa shape index (κ1) is 20.9. The lowest BCUT2D eigenvalue weighted by atomic mass is 9.66. The number of likely N-dealkylation sites (tertiary alicyclic amines) is 1. The summed E-state index contributed by atoms with van der Waals surface area (Å²) >= 11 is 0. The highest BCUT2D eigenvalue weighted by molar-refractivity contribution is 7.93. The molecule has 2 aliphatic rings. The molecule has 1 atom stereocenters. The zero-order valence-electron chi connectivity index (χ0n) is 16.9. The molecule has 0 N–H and O–H groups in total. The average molecular weight is 439 g/mol. The SMILES string of the molecule is CC1(C(=O)N2CCC(S(C)(=O)=NC(=O)c3cccc4nccn34)CC2)CC(F)(F)C1. The van der Waals surface area contributed by atoms with Crippen LogP contribution in [0.5, 0.6) is 0 Å². The lowest BCUT2D eigenvalue weighted by molar-refractivity contribution is -0.183. The van der Waals surface area contributed by atoms with E-state index < -0.39 is 39.8 Å². The molecule has 1 saturated carbocycles. The van der Waals surface area contributed by atoms with Crippen LogP contribution in [-0.2, 0) is 14.5 Å². The molecule has 4 rings (SSSR count). The van der Waals surface area contributed by atoms with Gasteiger partial charge in [0, 0.05) is 49.8 Å². The molecule has 0 radical (unpaired) electrons. The smallest absolute Gasteiger partial charge is 0.302 e. The first-order valence-corrected chi connectivity index (χ1v) is 11.8. The molecule has 1 unspecified atom stereocenters. The Morgan fingerprint density at radius 1 is 1.23 bits per heavy atom. The highest BCUT2D eigenvalue weighted by atomic mass is 32.2. The summed E-state index contributed by atoms with van der Waals surface area (Å²) in [6.45, 7) is 2.24. The van der Waals surface area contributed by atoms with Gasteiger partial charge < -0.3 is 4.90 Å². The molecule has 3 heterocycles. The van der Waals surface area contributed by atoms with Gasteiger partial charge in [0.15, 0.2) is 0 Å². The Bertz CT molecular complexity index is 1120. The molecule has 1 saturated heterocycles. The number of alkyl halides is 2. The molecule has 10 heteroatoms. The Morgan fingerprint density at radius 2 is 1.90 bits per heavy atom. The number of carbonyl (C=O) groups excluding carboxylic acids is 2. The van der Waals surface area contributed by atoms with Crippen molar-refractivity contribution in [3.8, 4) is 0 Å². The number of fused-ring (bicyclic) bond motifs is 1. The van der Waals surface area contributed by atoms with Gasteiger partial charge in [0.25, 0.3) is 0 Å². The number of halogens is 2. The standard InChI is InChI=1S/C20H24F2N4O3S/c1-19(12-20(21,22)13-19)18(28)25-9-6-14(7-10-25)30(2,29)24-17(27)15-4-3-5-16-23-8-11-26(15)16/h3-5,8,11,14H,6-7,9-10,12-13H2,1-2H3. The summed E-state index contributed by atoms with van der Waals surface area (Å²) in [7, 11) is -2.84. The van der Waals surface area contributed by atoms with Gasteiger partial charge >= 0.3 is 5.91 Å². The number of imidazole rings is 1. The molecule has 30 heavy (non-hydrogen) atoms. The monoisotopic (exact) mass is 438 g/mol. The number of rotatable bonds is 3. The molecule has 0 aromatic carbocycles. The number of amides is 2. The van der Waals surface area contributed by atoms with Crippen molar-refractivity contribution >= 4 is 27.2 Å².